The molecule has 0 heterocycles. The minimum absolute atomic E-state index is 0.120. The van der Waals surface area contributed by atoms with Gasteiger partial charge in [0.15, 0.2) is 0 Å². The Balaban J connectivity index is 2.35. The van der Waals surface area contributed by atoms with Crippen molar-refractivity contribution in [1.29, 1.82) is 0 Å². The first kappa shape index (κ1) is 17.5. The minimum Gasteiger partial charge on any atom is -0.322 e. The highest BCUT2D eigenvalue weighted by molar-refractivity contribution is 7.89. The number of nitrogens with zero attached hydrogens (tertiary/aromatic N) is 1. The van der Waals surface area contributed by atoms with Gasteiger partial charge in [-0.1, -0.05) is 23.7 Å². The number of sulfonamides is 1. The van der Waals surface area contributed by atoms with E-state index in [4.69, 9.17) is 11.6 Å². The van der Waals surface area contributed by atoms with E-state index in [2.05, 4.69) is 5.32 Å². The van der Waals surface area contributed by atoms with Crippen molar-refractivity contribution in [3.05, 3.63) is 58.6 Å². The van der Waals surface area contributed by atoms with Gasteiger partial charge in [-0.3, -0.25) is 4.79 Å². The minimum atomic E-state index is -3.56. The Labute approximate surface area is 140 Å². The Bertz CT molecular complexity index is 848. The maximum absolute atomic E-state index is 12.3. The zero-order chi connectivity index (χ0) is 17.2. The van der Waals surface area contributed by atoms with Crippen LogP contribution in [0.4, 0.5) is 5.69 Å². The van der Waals surface area contributed by atoms with Gasteiger partial charge >= 0.3 is 0 Å². The third kappa shape index (κ3) is 3.90. The zero-order valence-corrected chi connectivity index (χ0v) is 14.6. The fourth-order valence-corrected chi connectivity index (χ4v) is 3.05. The summed E-state index contributed by atoms with van der Waals surface area (Å²) in [5.74, 6) is -0.352. The molecule has 2 rings (SSSR count). The van der Waals surface area contributed by atoms with Crippen molar-refractivity contribution in [2.45, 2.75) is 11.8 Å². The fraction of sp³-hybridized carbons (Fsp3) is 0.188. The van der Waals surface area contributed by atoms with Crippen molar-refractivity contribution in [1.82, 2.24) is 4.31 Å². The number of amides is 1. The van der Waals surface area contributed by atoms with Gasteiger partial charge in [-0.2, -0.15) is 0 Å². The molecule has 0 aliphatic heterocycles. The average molecular weight is 353 g/mol. The summed E-state index contributed by atoms with van der Waals surface area (Å²) in [5, 5.41) is 3.18. The van der Waals surface area contributed by atoms with Gasteiger partial charge in [0.05, 0.1) is 4.90 Å². The van der Waals surface area contributed by atoms with Gasteiger partial charge in [0.25, 0.3) is 5.91 Å². The van der Waals surface area contributed by atoms with Crippen LogP contribution in [-0.2, 0) is 10.0 Å². The molecule has 0 aliphatic carbocycles. The summed E-state index contributed by atoms with van der Waals surface area (Å²) in [6, 6.07) is 11.2. The topological polar surface area (TPSA) is 66.5 Å². The number of hydrogen-bond donors (Lipinski definition) is 1. The lowest BCUT2D eigenvalue weighted by molar-refractivity contribution is 0.102. The second-order valence-corrected chi connectivity index (χ2v) is 7.82. The van der Waals surface area contributed by atoms with Crippen LogP contribution in [-0.4, -0.2) is 32.7 Å². The standard InChI is InChI=1S/C16H17ClN2O3S/c1-11-7-8-14(23(21,22)19(2)3)10-15(11)18-16(20)12-5-4-6-13(17)9-12/h4-10H,1-3H3,(H,18,20). The summed E-state index contributed by atoms with van der Waals surface area (Å²) in [6.45, 7) is 1.79. The first-order valence-electron chi connectivity index (χ1n) is 6.82. The van der Waals surface area contributed by atoms with Crippen LogP contribution in [0.3, 0.4) is 0 Å². The van der Waals surface area contributed by atoms with Crippen LogP contribution < -0.4 is 5.32 Å². The summed E-state index contributed by atoms with van der Waals surface area (Å²) in [5.41, 5.74) is 1.61. The van der Waals surface area contributed by atoms with Crippen molar-refractivity contribution in [2.24, 2.45) is 0 Å². The molecule has 23 heavy (non-hydrogen) atoms. The SMILES string of the molecule is Cc1ccc(S(=O)(=O)N(C)C)cc1NC(=O)c1cccc(Cl)c1. The first-order valence-corrected chi connectivity index (χ1v) is 8.63. The molecule has 0 bridgehead atoms. The Hall–Kier alpha value is -1.89. The maximum Gasteiger partial charge on any atom is 0.255 e. The average Bonchev–Trinajstić information content (AvgIpc) is 2.49. The molecule has 2 aromatic rings. The van der Waals surface area contributed by atoms with Crippen molar-refractivity contribution in [3.8, 4) is 0 Å². The molecular formula is C16H17ClN2O3S. The Morgan fingerprint density at radius 1 is 1.13 bits per heavy atom. The molecule has 0 saturated heterocycles. The number of rotatable bonds is 4. The number of aryl methyl sites for hydroxylation is 1. The van der Waals surface area contributed by atoms with Crippen molar-refractivity contribution in [3.63, 3.8) is 0 Å². The lowest BCUT2D eigenvalue weighted by Gasteiger charge is -2.14. The number of halogens is 1. The van der Waals surface area contributed by atoms with Gasteiger partial charge in [-0.25, -0.2) is 12.7 Å². The smallest absolute Gasteiger partial charge is 0.255 e. The molecule has 0 saturated carbocycles. The zero-order valence-electron chi connectivity index (χ0n) is 13.0. The highest BCUT2D eigenvalue weighted by atomic mass is 35.5. The van der Waals surface area contributed by atoms with Crippen LogP contribution in [0, 0.1) is 6.92 Å². The van der Waals surface area contributed by atoms with Crippen LogP contribution in [0.2, 0.25) is 5.02 Å². The number of anilines is 1. The molecule has 0 aliphatic rings. The molecule has 5 nitrogen and oxygen atoms in total. The summed E-state index contributed by atoms with van der Waals surface area (Å²) in [7, 11) is -0.647. The van der Waals surface area contributed by atoms with Crippen molar-refractivity contribution < 1.29 is 13.2 Å². The summed E-state index contributed by atoms with van der Waals surface area (Å²) >= 11 is 5.88. The third-order valence-corrected chi connectivity index (χ3v) is 5.37. The Morgan fingerprint density at radius 2 is 1.83 bits per heavy atom. The molecule has 7 heteroatoms. The largest absolute Gasteiger partial charge is 0.322 e. The van der Waals surface area contributed by atoms with Crippen LogP contribution in [0.25, 0.3) is 0 Å². The van der Waals surface area contributed by atoms with E-state index < -0.39 is 10.0 Å². The van der Waals surface area contributed by atoms with E-state index >= 15 is 0 Å². The molecular weight excluding hydrogens is 336 g/mol. The van der Waals surface area contributed by atoms with Crippen molar-refractivity contribution in [2.75, 3.05) is 19.4 Å². The van der Waals surface area contributed by atoms with Gasteiger partial charge in [0, 0.05) is 30.4 Å². The number of nitrogens with one attached hydrogen (secondary N) is 1. The fourth-order valence-electron chi connectivity index (χ4n) is 1.93. The molecule has 1 amide bonds. The number of benzene rings is 2. The van der Waals surface area contributed by atoms with Gasteiger partial charge in [-0.15, -0.1) is 0 Å². The van der Waals surface area contributed by atoms with E-state index in [-0.39, 0.29) is 10.8 Å². The molecule has 0 unspecified atom stereocenters. The van der Waals surface area contributed by atoms with E-state index in [9.17, 15) is 13.2 Å². The Kier molecular flexibility index (Phi) is 5.09. The van der Waals surface area contributed by atoms with Crippen LogP contribution in [0.1, 0.15) is 15.9 Å². The summed E-state index contributed by atoms with van der Waals surface area (Å²) in [6.07, 6.45) is 0. The molecule has 122 valence electrons. The predicted octanol–water partition coefficient (Wildman–Crippen LogP) is 3.15. The van der Waals surface area contributed by atoms with E-state index in [0.717, 1.165) is 9.87 Å². The number of carbonyl (C=O) groups excluding carboxylic acids is 1. The second-order valence-electron chi connectivity index (χ2n) is 5.23. The molecule has 2 aromatic carbocycles. The summed E-state index contributed by atoms with van der Waals surface area (Å²) in [4.78, 5) is 12.4. The lowest BCUT2D eigenvalue weighted by atomic mass is 10.1. The van der Waals surface area contributed by atoms with Crippen LogP contribution in [0.5, 0.6) is 0 Å². The summed E-state index contributed by atoms with van der Waals surface area (Å²) < 4.78 is 25.5. The molecule has 0 atom stereocenters. The monoisotopic (exact) mass is 352 g/mol. The van der Waals surface area contributed by atoms with Gasteiger partial charge < -0.3 is 5.32 Å². The third-order valence-electron chi connectivity index (χ3n) is 3.32. The van der Waals surface area contributed by atoms with E-state index in [1.165, 1.54) is 26.2 Å². The van der Waals surface area contributed by atoms with Crippen LogP contribution >= 0.6 is 11.6 Å². The van der Waals surface area contributed by atoms with Gasteiger partial charge in [0.1, 0.15) is 0 Å². The lowest BCUT2D eigenvalue weighted by Crippen LogP contribution is -2.22. The normalized spacial score (nSPS) is 11.5. The first-order chi connectivity index (χ1) is 10.7. The van der Waals surface area contributed by atoms with E-state index in [1.54, 1.807) is 37.3 Å². The van der Waals surface area contributed by atoms with Crippen LogP contribution in [0.15, 0.2) is 47.4 Å². The van der Waals surface area contributed by atoms with E-state index in [1.807, 2.05) is 0 Å². The molecule has 0 aromatic heterocycles. The molecule has 0 fully saturated rings. The number of carbonyl (C=O) groups is 1. The second kappa shape index (κ2) is 6.70. The van der Waals surface area contributed by atoms with Crippen molar-refractivity contribution >= 4 is 33.2 Å². The number of hydrogen-bond acceptors (Lipinski definition) is 3. The molecule has 0 spiro atoms. The van der Waals surface area contributed by atoms with E-state index in [0.29, 0.717) is 16.3 Å². The predicted molar refractivity (Wildman–Crippen MR) is 91.5 cm³/mol. The van der Waals surface area contributed by atoms with Gasteiger partial charge in [0.2, 0.25) is 10.0 Å². The van der Waals surface area contributed by atoms with Gasteiger partial charge in [-0.05, 0) is 42.8 Å². The quantitative estimate of drug-likeness (QED) is 0.919. The highest BCUT2D eigenvalue weighted by Crippen LogP contribution is 2.23. The molecule has 1 N–H and O–H groups in total. The molecule has 0 radical (unpaired) electrons. The maximum atomic E-state index is 12.3. The highest BCUT2D eigenvalue weighted by Gasteiger charge is 2.19. The Morgan fingerprint density at radius 3 is 2.43 bits per heavy atom.